The van der Waals surface area contributed by atoms with Gasteiger partial charge in [0.2, 0.25) is 0 Å². The van der Waals surface area contributed by atoms with Crippen LogP contribution in [0.3, 0.4) is 0 Å². The van der Waals surface area contributed by atoms with Gasteiger partial charge in [-0.05, 0) is 61.8 Å². The van der Waals surface area contributed by atoms with E-state index in [4.69, 9.17) is 5.73 Å². The molecule has 1 aromatic carbocycles. The molecule has 1 aromatic rings. The zero-order valence-electron chi connectivity index (χ0n) is 8.95. The maximum atomic E-state index is 5.70. The summed E-state index contributed by atoms with van der Waals surface area (Å²) in [6.45, 7) is 0.866. The Bertz CT molecular complexity index is 316. The summed E-state index contributed by atoms with van der Waals surface area (Å²) in [5.74, 6) is 1.53. The molecule has 0 unspecified atom stereocenters. The largest absolute Gasteiger partial charge is 0.330 e. The Labute approximate surface area is 100 Å². The van der Waals surface area contributed by atoms with Crippen molar-refractivity contribution in [2.24, 2.45) is 11.7 Å². The third kappa shape index (κ3) is 2.82. The quantitative estimate of drug-likeness (QED) is 0.869. The SMILES string of the molecule is NCC1CCC(c2cccc(Br)c2)CC1. The molecule has 0 amide bonds. The highest BCUT2D eigenvalue weighted by molar-refractivity contribution is 9.10. The number of nitrogens with two attached hydrogens (primary N) is 1. The minimum Gasteiger partial charge on any atom is -0.330 e. The molecule has 15 heavy (non-hydrogen) atoms. The summed E-state index contributed by atoms with van der Waals surface area (Å²) in [6.07, 6.45) is 5.21. The van der Waals surface area contributed by atoms with Crippen LogP contribution in [0.15, 0.2) is 28.7 Å². The maximum absolute atomic E-state index is 5.70. The topological polar surface area (TPSA) is 26.0 Å². The molecule has 0 aliphatic heterocycles. The van der Waals surface area contributed by atoms with Gasteiger partial charge in [-0.3, -0.25) is 0 Å². The first-order valence-electron chi connectivity index (χ1n) is 5.75. The van der Waals surface area contributed by atoms with Crippen LogP contribution in [0.4, 0.5) is 0 Å². The normalized spacial score (nSPS) is 26.5. The highest BCUT2D eigenvalue weighted by atomic mass is 79.9. The Morgan fingerprint density at radius 3 is 2.53 bits per heavy atom. The lowest BCUT2D eigenvalue weighted by Gasteiger charge is -2.28. The number of hydrogen-bond donors (Lipinski definition) is 1. The van der Waals surface area contributed by atoms with E-state index in [-0.39, 0.29) is 0 Å². The molecule has 1 aliphatic carbocycles. The summed E-state index contributed by atoms with van der Waals surface area (Å²) in [4.78, 5) is 0. The minimum atomic E-state index is 0.755. The van der Waals surface area contributed by atoms with Gasteiger partial charge in [0, 0.05) is 4.47 Å². The number of hydrogen-bond acceptors (Lipinski definition) is 1. The van der Waals surface area contributed by atoms with Crippen molar-refractivity contribution >= 4 is 15.9 Å². The summed E-state index contributed by atoms with van der Waals surface area (Å²) in [5.41, 5.74) is 7.19. The molecule has 0 radical (unpaired) electrons. The van der Waals surface area contributed by atoms with Gasteiger partial charge in [-0.2, -0.15) is 0 Å². The van der Waals surface area contributed by atoms with Gasteiger partial charge in [0.15, 0.2) is 0 Å². The molecule has 0 atom stereocenters. The molecule has 0 bridgehead atoms. The Kier molecular flexibility index (Phi) is 3.81. The van der Waals surface area contributed by atoms with Crippen LogP contribution in [-0.4, -0.2) is 6.54 Å². The average molecular weight is 268 g/mol. The molecule has 1 aliphatic rings. The van der Waals surface area contributed by atoms with Gasteiger partial charge in [0.25, 0.3) is 0 Å². The summed E-state index contributed by atoms with van der Waals surface area (Å²) >= 11 is 3.53. The van der Waals surface area contributed by atoms with E-state index in [1.165, 1.54) is 35.7 Å². The van der Waals surface area contributed by atoms with Crippen LogP contribution in [0.1, 0.15) is 37.2 Å². The Balaban J connectivity index is 2.01. The van der Waals surface area contributed by atoms with Gasteiger partial charge in [-0.1, -0.05) is 28.1 Å². The van der Waals surface area contributed by atoms with Gasteiger partial charge in [-0.25, -0.2) is 0 Å². The van der Waals surface area contributed by atoms with Crippen molar-refractivity contribution in [3.63, 3.8) is 0 Å². The van der Waals surface area contributed by atoms with Crippen molar-refractivity contribution in [1.82, 2.24) is 0 Å². The predicted octanol–water partition coefficient (Wildman–Crippen LogP) is 3.68. The van der Waals surface area contributed by atoms with Gasteiger partial charge >= 0.3 is 0 Å². The van der Waals surface area contributed by atoms with Crippen LogP contribution in [0.2, 0.25) is 0 Å². The predicted molar refractivity (Wildman–Crippen MR) is 67.9 cm³/mol. The molecule has 2 rings (SSSR count). The second kappa shape index (κ2) is 5.13. The standard InChI is InChI=1S/C13H18BrN/c14-13-3-1-2-12(8-13)11-6-4-10(9-15)5-7-11/h1-3,8,10-11H,4-7,9,15H2. The molecular formula is C13H18BrN. The van der Waals surface area contributed by atoms with E-state index in [2.05, 4.69) is 40.2 Å². The van der Waals surface area contributed by atoms with Crippen molar-refractivity contribution in [3.05, 3.63) is 34.3 Å². The summed E-state index contributed by atoms with van der Waals surface area (Å²) < 4.78 is 1.20. The highest BCUT2D eigenvalue weighted by Crippen LogP contribution is 2.35. The fourth-order valence-corrected chi connectivity index (χ4v) is 2.91. The highest BCUT2D eigenvalue weighted by Gasteiger charge is 2.21. The third-order valence-corrected chi connectivity index (χ3v) is 3.99. The lowest BCUT2D eigenvalue weighted by atomic mass is 9.79. The average Bonchev–Trinajstić information content (AvgIpc) is 2.29. The molecule has 0 heterocycles. The zero-order chi connectivity index (χ0) is 10.7. The number of halogens is 1. The van der Waals surface area contributed by atoms with E-state index in [9.17, 15) is 0 Å². The van der Waals surface area contributed by atoms with Gasteiger partial charge in [0.1, 0.15) is 0 Å². The van der Waals surface area contributed by atoms with Crippen LogP contribution in [0.25, 0.3) is 0 Å². The molecule has 1 nitrogen and oxygen atoms in total. The first kappa shape index (κ1) is 11.2. The first-order valence-corrected chi connectivity index (χ1v) is 6.54. The van der Waals surface area contributed by atoms with Crippen LogP contribution in [0.5, 0.6) is 0 Å². The van der Waals surface area contributed by atoms with Crippen LogP contribution in [0, 0.1) is 5.92 Å². The lowest BCUT2D eigenvalue weighted by molar-refractivity contribution is 0.333. The van der Waals surface area contributed by atoms with E-state index in [1.54, 1.807) is 0 Å². The molecular weight excluding hydrogens is 250 g/mol. The Morgan fingerprint density at radius 2 is 1.93 bits per heavy atom. The molecule has 0 spiro atoms. The molecule has 0 saturated heterocycles. The van der Waals surface area contributed by atoms with E-state index in [0.717, 1.165) is 18.4 Å². The van der Waals surface area contributed by atoms with E-state index in [0.29, 0.717) is 0 Å². The molecule has 1 saturated carbocycles. The monoisotopic (exact) mass is 267 g/mol. The first-order chi connectivity index (χ1) is 7.29. The summed E-state index contributed by atoms with van der Waals surface area (Å²) in [5, 5.41) is 0. The number of rotatable bonds is 2. The van der Waals surface area contributed by atoms with Crippen molar-refractivity contribution in [1.29, 1.82) is 0 Å². The second-order valence-electron chi connectivity index (χ2n) is 4.51. The van der Waals surface area contributed by atoms with Crippen molar-refractivity contribution in [3.8, 4) is 0 Å². The molecule has 2 heteroatoms. The van der Waals surface area contributed by atoms with Gasteiger partial charge in [-0.15, -0.1) is 0 Å². The fraction of sp³-hybridized carbons (Fsp3) is 0.538. The lowest BCUT2D eigenvalue weighted by Crippen LogP contribution is -2.20. The van der Waals surface area contributed by atoms with Crippen molar-refractivity contribution in [2.75, 3.05) is 6.54 Å². The smallest absolute Gasteiger partial charge is 0.0178 e. The molecule has 0 aromatic heterocycles. The van der Waals surface area contributed by atoms with E-state index in [1.807, 2.05) is 0 Å². The van der Waals surface area contributed by atoms with Crippen molar-refractivity contribution < 1.29 is 0 Å². The zero-order valence-corrected chi connectivity index (χ0v) is 10.5. The molecule has 1 fully saturated rings. The Hall–Kier alpha value is -0.340. The van der Waals surface area contributed by atoms with Crippen molar-refractivity contribution in [2.45, 2.75) is 31.6 Å². The van der Waals surface area contributed by atoms with Gasteiger partial charge in [0.05, 0.1) is 0 Å². The van der Waals surface area contributed by atoms with E-state index < -0.39 is 0 Å². The second-order valence-corrected chi connectivity index (χ2v) is 5.42. The summed E-state index contributed by atoms with van der Waals surface area (Å²) in [7, 11) is 0. The van der Waals surface area contributed by atoms with Crippen LogP contribution in [-0.2, 0) is 0 Å². The summed E-state index contributed by atoms with van der Waals surface area (Å²) in [6, 6.07) is 8.73. The fourth-order valence-electron chi connectivity index (χ4n) is 2.49. The third-order valence-electron chi connectivity index (χ3n) is 3.50. The van der Waals surface area contributed by atoms with Crippen LogP contribution >= 0.6 is 15.9 Å². The number of benzene rings is 1. The van der Waals surface area contributed by atoms with Gasteiger partial charge < -0.3 is 5.73 Å². The Morgan fingerprint density at radius 1 is 1.20 bits per heavy atom. The maximum Gasteiger partial charge on any atom is 0.0178 e. The molecule has 2 N–H and O–H groups in total. The molecule has 82 valence electrons. The van der Waals surface area contributed by atoms with Crippen LogP contribution < -0.4 is 5.73 Å². The van der Waals surface area contributed by atoms with E-state index >= 15 is 0 Å². The minimum absolute atomic E-state index is 0.755.